The fourth-order valence-electron chi connectivity index (χ4n) is 2.98. The first-order valence-electron chi connectivity index (χ1n) is 7.47. The molecule has 0 aliphatic carbocycles. The number of carbonyl (C=O) groups excluding carboxylic acids is 1. The summed E-state index contributed by atoms with van der Waals surface area (Å²) in [6.45, 7) is 6.85. The van der Waals surface area contributed by atoms with Crippen LogP contribution in [-0.4, -0.2) is 41.6 Å². The molecule has 0 aromatic heterocycles. The maximum absolute atomic E-state index is 12.5. The Bertz CT molecular complexity index is 462. The Morgan fingerprint density at radius 2 is 2.25 bits per heavy atom. The Morgan fingerprint density at radius 3 is 2.90 bits per heavy atom. The van der Waals surface area contributed by atoms with Crippen LogP contribution in [0, 0.1) is 5.92 Å². The van der Waals surface area contributed by atoms with Gasteiger partial charge in [-0.05, 0) is 37.1 Å². The maximum Gasteiger partial charge on any atom is 0.253 e. The van der Waals surface area contributed by atoms with E-state index in [2.05, 4.69) is 19.2 Å². The molecular formula is C16H24N2O2. The highest BCUT2D eigenvalue weighted by molar-refractivity contribution is 5.94. The summed E-state index contributed by atoms with van der Waals surface area (Å²) in [6, 6.07) is 7.12. The smallest absolute Gasteiger partial charge is 0.253 e. The second kappa shape index (κ2) is 6.75. The van der Waals surface area contributed by atoms with Crippen LogP contribution in [0.25, 0.3) is 0 Å². The van der Waals surface area contributed by atoms with Crippen molar-refractivity contribution in [2.24, 2.45) is 5.92 Å². The number of benzene rings is 1. The van der Waals surface area contributed by atoms with Crippen LogP contribution in [0.1, 0.15) is 37.0 Å². The maximum atomic E-state index is 12.5. The Balaban J connectivity index is 2.05. The van der Waals surface area contributed by atoms with Gasteiger partial charge in [0.1, 0.15) is 5.75 Å². The van der Waals surface area contributed by atoms with Crippen molar-refractivity contribution in [3.8, 4) is 5.75 Å². The van der Waals surface area contributed by atoms with Crippen molar-refractivity contribution in [2.75, 3.05) is 19.6 Å². The van der Waals surface area contributed by atoms with Crippen LogP contribution in [0.15, 0.2) is 24.3 Å². The number of amides is 1. The van der Waals surface area contributed by atoms with Gasteiger partial charge in [0.05, 0.1) is 0 Å². The summed E-state index contributed by atoms with van der Waals surface area (Å²) in [4.78, 5) is 14.4. The van der Waals surface area contributed by atoms with E-state index in [4.69, 9.17) is 0 Å². The number of nitrogens with one attached hydrogen (secondary N) is 1. The highest BCUT2D eigenvalue weighted by atomic mass is 16.3. The third-order valence-corrected chi connectivity index (χ3v) is 4.10. The van der Waals surface area contributed by atoms with Gasteiger partial charge in [0.15, 0.2) is 0 Å². The number of phenols is 1. The Labute approximate surface area is 120 Å². The molecule has 4 nitrogen and oxygen atoms in total. The van der Waals surface area contributed by atoms with Crippen LogP contribution in [0.4, 0.5) is 0 Å². The average molecular weight is 276 g/mol. The van der Waals surface area contributed by atoms with E-state index < -0.39 is 0 Å². The van der Waals surface area contributed by atoms with Crippen LogP contribution in [0.3, 0.4) is 0 Å². The first kappa shape index (κ1) is 14.9. The van der Waals surface area contributed by atoms with Gasteiger partial charge in [-0.25, -0.2) is 0 Å². The van der Waals surface area contributed by atoms with Crippen LogP contribution in [-0.2, 0) is 0 Å². The van der Waals surface area contributed by atoms with E-state index in [1.807, 2.05) is 4.90 Å². The molecule has 20 heavy (non-hydrogen) atoms. The molecule has 1 aromatic rings. The summed E-state index contributed by atoms with van der Waals surface area (Å²) in [5.41, 5.74) is 0.571. The number of aromatic hydroxyl groups is 1. The normalized spacial score (nSPS) is 22.8. The Hall–Kier alpha value is -1.55. The average Bonchev–Trinajstić information content (AvgIpc) is 2.47. The summed E-state index contributed by atoms with van der Waals surface area (Å²) in [5, 5.41) is 13.0. The van der Waals surface area contributed by atoms with Crippen molar-refractivity contribution in [1.82, 2.24) is 10.2 Å². The van der Waals surface area contributed by atoms with Crippen LogP contribution >= 0.6 is 0 Å². The van der Waals surface area contributed by atoms with Crippen LogP contribution in [0.2, 0.25) is 0 Å². The minimum atomic E-state index is 0.0225. The second-order valence-corrected chi connectivity index (χ2v) is 5.42. The Morgan fingerprint density at radius 1 is 1.45 bits per heavy atom. The van der Waals surface area contributed by atoms with Gasteiger partial charge in [-0.1, -0.05) is 26.3 Å². The molecular weight excluding hydrogens is 252 g/mol. The fraction of sp³-hybridized carbons (Fsp3) is 0.562. The third-order valence-electron chi connectivity index (χ3n) is 4.10. The number of hydrogen-bond acceptors (Lipinski definition) is 3. The molecule has 2 atom stereocenters. The number of rotatable bonds is 4. The molecule has 0 saturated carbocycles. The third kappa shape index (κ3) is 3.31. The zero-order valence-electron chi connectivity index (χ0n) is 12.3. The summed E-state index contributed by atoms with van der Waals surface area (Å²) in [7, 11) is 0. The van der Waals surface area contributed by atoms with E-state index >= 15 is 0 Å². The predicted molar refractivity (Wildman–Crippen MR) is 79.9 cm³/mol. The molecule has 2 N–H and O–H groups in total. The topological polar surface area (TPSA) is 52.6 Å². The first-order chi connectivity index (χ1) is 9.65. The quantitative estimate of drug-likeness (QED) is 0.887. The van der Waals surface area contributed by atoms with E-state index in [-0.39, 0.29) is 11.7 Å². The molecule has 1 aliphatic rings. The molecule has 1 fully saturated rings. The van der Waals surface area contributed by atoms with Crippen molar-refractivity contribution < 1.29 is 9.90 Å². The minimum Gasteiger partial charge on any atom is -0.508 e. The second-order valence-electron chi connectivity index (χ2n) is 5.42. The van der Waals surface area contributed by atoms with E-state index in [0.29, 0.717) is 17.5 Å². The number of likely N-dealkylation sites (tertiary alicyclic amines) is 1. The molecule has 110 valence electrons. The van der Waals surface area contributed by atoms with E-state index in [1.54, 1.807) is 24.3 Å². The molecule has 1 aliphatic heterocycles. The van der Waals surface area contributed by atoms with Crippen molar-refractivity contribution in [1.29, 1.82) is 0 Å². The molecule has 4 heteroatoms. The monoisotopic (exact) mass is 276 g/mol. The molecule has 0 spiro atoms. The molecule has 1 heterocycles. The number of hydrogen-bond donors (Lipinski definition) is 2. The summed E-state index contributed by atoms with van der Waals surface area (Å²) in [6.07, 6.45) is 2.07. The summed E-state index contributed by atoms with van der Waals surface area (Å²) >= 11 is 0. The Kier molecular flexibility index (Phi) is 5.01. The van der Waals surface area contributed by atoms with Crippen molar-refractivity contribution in [3.05, 3.63) is 29.8 Å². The zero-order valence-corrected chi connectivity index (χ0v) is 12.3. The summed E-state index contributed by atoms with van der Waals surface area (Å²) in [5.74, 6) is 0.671. The molecule has 2 unspecified atom stereocenters. The number of carbonyl (C=O) groups is 1. The standard InChI is InChI=1S/C16H24N2O2/c1-3-12-11-18(9-8-15(12)17-4-2)16(20)13-6-5-7-14(19)10-13/h5-7,10,12,15,17,19H,3-4,8-9,11H2,1-2H3. The molecule has 0 radical (unpaired) electrons. The van der Waals surface area contributed by atoms with Crippen molar-refractivity contribution >= 4 is 5.91 Å². The lowest BCUT2D eigenvalue weighted by Crippen LogP contribution is -2.50. The molecule has 0 bridgehead atoms. The highest BCUT2D eigenvalue weighted by Crippen LogP contribution is 2.22. The van der Waals surface area contributed by atoms with Gasteiger partial charge in [0.2, 0.25) is 0 Å². The van der Waals surface area contributed by atoms with E-state index in [1.165, 1.54) is 0 Å². The van der Waals surface area contributed by atoms with Gasteiger partial charge >= 0.3 is 0 Å². The number of phenolic OH excluding ortho intramolecular Hbond substituents is 1. The highest BCUT2D eigenvalue weighted by Gasteiger charge is 2.30. The molecule has 2 rings (SSSR count). The van der Waals surface area contributed by atoms with E-state index in [0.717, 1.165) is 32.5 Å². The van der Waals surface area contributed by atoms with Crippen molar-refractivity contribution in [3.63, 3.8) is 0 Å². The van der Waals surface area contributed by atoms with Gasteiger partial charge in [-0.2, -0.15) is 0 Å². The predicted octanol–water partition coefficient (Wildman–Crippen LogP) is 2.24. The van der Waals surface area contributed by atoms with Gasteiger partial charge in [0.25, 0.3) is 5.91 Å². The van der Waals surface area contributed by atoms with Crippen LogP contribution < -0.4 is 5.32 Å². The van der Waals surface area contributed by atoms with Gasteiger partial charge in [0, 0.05) is 24.7 Å². The SMILES string of the molecule is CCNC1CCN(C(=O)c2cccc(O)c2)CC1CC. The molecule has 1 saturated heterocycles. The van der Waals surface area contributed by atoms with Crippen LogP contribution in [0.5, 0.6) is 5.75 Å². The lowest BCUT2D eigenvalue weighted by Gasteiger charge is -2.38. The largest absolute Gasteiger partial charge is 0.508 e. The number of nitrogens with zero attached hydrogens (tertiary/aromatic N) is 1. The number of piperidine rings is 1. The lowest BCUT2D eigenvalue weighted by atomic mass is 9.89. The van der Waals surface area contributed by atoms with Gasteiger partial charge in [-0.3, -0.25) is 4.79 Å². The zero-order chi connectivity index (χ0) is 14.5. The molecule has 1 amide bonds. The fourth-order valence-corrected chi connectivity index (χ4v) is 2.98. The minimum absolute atomic E-state index is 0.0225. The summed E-state index contributed by atoms with van der Waals surface area (Å²) < 4.78 is 0. The van der Waals surface area contributed by atoms with Crippen molar-refractivity contribution in [2.45, 2.75) is 32.7 Å². The molecule has 1 aromatic carbocycles. The van der Waals surface area contributed by atoms with E-state index in [9.17, 15) is 9.90 Å². The first-order valence-corrected chi connectivity index (χ1v) is 7.47. The lowest BCUT2D eigenvalue weighted by molar-refractivity contribution is 0.0627. The van der Waals surface area contributed by atoms with Gasteiger partial charge in [-0.15, -0.1) is 0 Å². The van der Waals surface area contributed by atoms with Gasteiger partial charge < -0.3 is 15.3 Å².